The van der Waals surface area contributed by atoms with Gasteiger partial charge in [0, 0.05) is 30.7 Å². The van der Waals surface area contributed by atoms with Crippen molar-refractivity contribution in [3.63, 3.8) is 0 Å². The smallest absolute Gasteiger partial charge is 0.226 e. The standard InChI is InChI=1S/C25H32N4O3S/c1-25(2,3)29-23(18-6-5-7-20(12-18)31-4)21(15-27-29)24-28-19(16-33-24)13-22(30)26-14-17-8-10-32-11-9-17/h5-7,12,15-17H,8-11,13-14H2,1-4H3,(H,26,30). The van der Waals surface area contributed by atoms with Crippen molar-refractivity contribution in [2.45, 2.75) is 45.6 Å². The van der Waals surface area contributed by atoms with Crippen LogP contribution in [0.5, 0.6) is 5.75 Å². The van der Waals surface area contributed by atoms with Crippen molar-refractivity contribution >= 4 is 17.2 Å². The zero-order valence-corrected chi connectivity index (χ0v) is 20.6. The van der Waals surface area contributed by atoms with E-state index >= 15 is 0 Å². The maximum Gasteiger partial charge on any atom is 0.226 e. The molecule has 176 valence electrons. The van der Waals surface area contributed by atoms with E-state index in [1.54, 1.807) is 18.4 Å². The molecule has 8 heteroatoms. The van der Waals surface area contributed by atoms with Crippen LogP contribution in [-0.2, 0) is 21.5 Å². The molecular weight excluding hydrogens is 436 g/mol. The first-order valence-electron chi connectivity index (χ1n) is 11.4. The molecule has 0 bridgehead atoms. The summed E-state index contributed by atoms with van der Waals surface area (Å²) in [5.74, 6) is 1.31. The van der Waals surface area contributed by atoms with Crippen LogP contribution in [0.25, 0.3) is 21.8 Å². The topological polar surface area (TPSA) is 78.3 Å². The van der Waals surface area contributed by atoms with Crippen molar-refractivity contribution < 1.29 is 14.3 Å². The van der Waals surface area contributed by atoms with Gasteiger partial charge < -0.3 is 14.8 Å². The molecule has 7 nitrogen and oxygen atoms in total. The lowest BCUT2D eigenvalue weighted by Gasteiger charge is -2.23. The second-order valence-electron chi connectivity index (χ2n) is 9.40. The minimum Gasteiger partial charge on any atom is -0.497 e. The Labute approximate surface area is 199 Å². The fourth-order valence-corrected chi connectivity index (χ4v) is 4.84. The van der Waals surface area contributed by atoms with Crippen LogP contribution < -0.4 is 10.1 Å². The highest BCUT2D eigenvalue weighted by atomic mass is 32.1. The Morgan fingerprint density at radius 1 is 1.30 bits per heavy atom. The molecule has 0 unspecified atom stereocenters. The molecule has 4 rings (SSSR count). The molecule has 1 aromatic carbocycles. The highest BCUT2D eigenvalue weighted by molar-refractivity contribution is 7.13. The molecule has 0 spiro atoms. The molecule has 0 atom stereocenters. The third kappa shape index (κ3) is 5.62. The minimum atomic E-state index is -0.208. The van der Waals surface area contributed by atoms with Gasteiger partial charge in [-0.1, -0.05) is 12.1 Å². The molecule has 0 saturated carbocycles. The van der Waals surface area contributed by atoms with Crippen LogP contribution in [0.1, 0.15) is 39.3 Å². The molecule has 33 heavy (non-hydrogen) atoms. The van der Waals surface area contributed by atoms with Crippen molar-refractivity contribution in [1.82, 2.24) is 20.1 Å². The van der Waals surface area contributed by atoms with Gasteiger partial charge in [-0.2, -0.15) is 5.10 Å². The highest BCUT2D eigenvalue weighted by Crippen LogP contribution is 2.37. The highest BCUT2D eigenvalue weighted by Gasteiger charge is 2.25. The predicted molar refractivity (Wildman–Crippen MR) is 131 cm³/mol. The number of methoxy groups -OCH3 is 1. The number of ether oxygens (including phenoxy) is 2. The van der Waals surface area contributed by atoms with Crippen LogP contribution in [-0.4, -0.2) is 47.5 Å². The second kappa shape index (κ2) is 10.1. The summed E-state index contributed by atoms with van der Waals surface area (Å²) in [6.07, 6.45) is 4.16. The summed E-state index contributed by atoms with van der Waals surface area (Å²) in [4.78, 5) is 17.3. The minimum absolute atomic E-state index is 0.0109. The number of hydrogen-bond acceptors (Lipinski definition) is 6. The monoisotopic (exact) mass is 468 g/mol. The molecule has 0 aliphatic carbocycles. The Bertz CT molecular complexity index is 1090. The van der Waals surface area contributed by atoms with Gasteiger partial charge in [0.05, 0.1) is 42.2 Å². The first-order valence-corrected chi connectivity index (χ1v) is 12.3. The quantitative estimate of drug-likeness (QED) is 0.552. The van der Waals surface area contributed by atoms with Gasteiger partial charge in [-0.3, -0.25) is 9.48 Å². The average Bonchev–Trinajstić information content (AvgIpc) is 3.45. The summed E-state index contributed by atoms with van der Waals surface area (Å²) in [6.45, 7) is 8.66. The Kier molecular flexibility index (Phi) is 7.14. The number of nitrogens with zero attached hydrogens (tertiary/aromatic N) is 3. The molecule has 1 amide bonds. The molecule has 1 fully saturated rings. The fourth-order valence-electron chi connectivity index (χ4n) is 4.01. The lowest BCUT2D eigenvalue weighted by Crippen LogP contribution is -2.33. The van der Waals surface area contributed by atoms with Gasteiger partial charge in [-0.05, 0) is 51.7 Å². The molecule has 2 aromatic heterocycles. The second-order valence-corrected chi connectivity index (χ2v) is 10.3. The van der Waals surface area contributed by atoms with E-state index in [9.17, 15) is 4.79 Å². The number of rotatable bonds is 7. The third-order valence-corrected chi connectivity index (χ3v) is 6.72. The number of nitrogens with one attached hydrogen (secondary N) is 1. The molecular formula is C25H32N4O3S. The first-order chi connectivity index (χ1) is 15.8. The van der Waals surface area contributed by atoms with Gasteiger partial charge in [0.25, 0.3) is 0 Å². The number of thiazole rings is 1. The zero-order chi connectivity index (χ0) is 23.4. The number of hydrogen-bond donors (Lipinski definition) is 1. The van der Waals surface area contributed by atoms with Crippen molar-refractivity contribution in [2.24, 2.45) is 5.92 Å². The van der Waals surface area contributed by atoms with E-state index in [1.165, 1.54) is 0 Å². The first kappa shape index (κ1) is 23.4. The number of carbonyl (C=O) groups excluding carboxylic acids is 1. The maximum absolute atomic E-state index is 12.5. The molecule has 3 heterocycles. The molecule has 1 saturated heterocycles. The van der Waals surface area contributed by atoms with Crippen LogP contribution in [0.2, 0.25) is 0 Å². The fraction of sp³-hybridized carbons (Fsp3) is 0.480. The largest absolute Gasteiger partial charge is 0.497 e. The van der Waals surface area contributed by atoms with Crippen molar-refractivity contribution in [1.29, 1.82) is 0 Å². The van der Waals surface area contributed by atoms with Crippen LogP contribution in [0, 0.1) is 5.92 Å². The summed E-state index contributed by atoms with van der Waals surface area (Å²) >= 11 is 1.54. The van der Waals surface area contributed by atoms with Gasteiger partial charge in [-0.15, -0.1) is 11.3 Å². The van der Waals surface area contributed by atoms with E-state index in [2.05, 4.69) is 32.2 Å². The SMILES string of the molecule is COc1cccc(-c2c(-c3nc(CC(=O)NCC4CCOCC4)cs3)cnn2C(C)(C)C)c1. The van der Waals surface area contributed by atoms with E-state index in [4.69, 9.17) is 19.6 Å². The Hall–Kier alpha value is -2.71. The van der Waals surface area contributed by atoms with E-state index in [1.807, 2.05) is 34.5 Å². The van der Waals surface area contributed by atoms with Gasteiger partial charge in [0.15, 0.2) is 0 Å². The van der Waals surface area contributed by atoms with Gasteiger partial charge in [0.1, 0.15) is 10.8 Å². The number of benzene rings is 1. The lowest BCUT2D eigenvalue weighted by molar-refractivity contribution is -0.120. The predicted octanol–water partition coefficient (Wildman–Crippen LogP) is 4.52. The van der Waals surface area contributed by atoms with Crippen LogP contribution in [0.3, 0.4) is 0 Å². The normalized spacial score (nSPS) is 14.9. The Balaban J connectivity index is 1.55. The van der Waals surface area contributed by atoms with Gasteiger partial charge >= 0.3 is 0 Å². The van der Waals surface area contributed by atoms with E-state index < -0.39 is 0 Å². The Morgan fingerprint density at radius 2 is 2.09 bits per heavy atom. The molecule has 1 N–H and O–H groups in total. The summed E-state index contributed by atoms with van der Waals surface area (Å²) < 4.78 is 12.9. The van der Waals surface area contributed by atoms with Gasteiger partial charge in [-0.25, -0.2) is 4.98 Å². The molecule has 1 aliphatic heterocycles. The molecule has 3 aromatic rings. The summed E-state index contributed by atoms with van der Waals surface area (Å²) in [5, 5.41) is 10.6. The van der Waals surface area contributed by atoms with E-state index in [0.717, 1.165) is 59.3 Å². The Morgan fingerprint density at radius 3 is 2.82 bits per heavy atom. The number of amides is 1. The van der Waals surface area contributed by atoms with Crippen molar-refractivity contribution in [3.05, 3.63) is 41.5 Å². The average molecular weight is 469 g/mol. The van der Waals surface area contributed by atoms with Crippen LogP contribution in [0.4, 0.5) is 0 Å². The zero-order valence-electron chi connectivity index (χ0n) is 19.8. The molecule has 0 radical (unpaired) electrons. The van der Waals surface area contributed by atoms with Crippen LogP contribution in [0.15, 0.2) is 35.8 Å². The summed E-state index contributed by atoms with van der Waals surface area (Å²) in [6, 6.07) is 7.99. The van der Waals surface area contributed by atoms with Crippen molar-refractivity contribution in [3.8, 4) is 27.6 Å². The van der Waals surface area contributed by atoms with E-state index in [0.29, 0.717) is 12.5 Å². The summed E-state index contributed by atoms with van der Waals surface area (Å²) in [7, 11) is 1.67. The number of carbonyl (C=O) groups is 1. The third-order valence-electron chi connectivity index (χ3n) is 5.80. The maximum atomic E-state index is 12.5. The lowest BCUT2D eigenvalue weighted by atomic mass is 10.0. The molecule has 1 aliphatic rings. The summed E-state index contributed by atoms with van der Waals surface area (Å²) in [5.41, 5.74) is 3.53. The van der Waals surface area contributed by atoms with Gasteiger partial charge in [0.2, 0.25) is 5.91 Å². The number of aromatic nitrogens is 3. The van der Waals surface area contributed by atoms with Crippen LogP contribution >= 0.6 is 11.3 Å². The van der Waals surface area contributed by atoms with E-state index in [-0.39, 0.29) is 17.9 Å². The van der Waals surface area contributed by atoms with Crippen molar-refractivity contribution in [2.75, 3.05) is 26.9 Å².